The normalized spacial score (nSPS) is 25.0. The quantitative estimate of drug-likeness (QED) is 0.454. The Kier molecular flexibility index (Phi) is 9.63. The standard InChI is InChI=1S/C18H32O2.C8H12O2/c1-7-16(8-2)13-14(19)15(20)17(9-3,10-4)18(16,11-5)12-6;1-2-6-4-3-5-7(9)8(6)10/h7-13H2,1-6H3;6H,2-5H2,1H3. The van der Waals surface area contributed by atoms with E-state index in [0.29, 0.717) is 12.8 Å². The molecule has 0 aromatic rings. The first kappa shape index (κ1) is 26.7. The maximum atomic E-state index is 12.8. The second kappa shape index (κ2) is 10.8. The van der Waals surface area contributed by atoms with Gasteiger partial charge in [0.15, 0.2) is 11.6 Å². The molecule has 30 heavy (non-hydrogen) atoms. The number of carbonyl (C=O) groups excluding carboxylic acids is 4. The SMILES string of the molecule is CCC1(CC)CC(=O)C(=O)C(CC)(CC)C1(CC)CC.CCC1CCCC(=O)C1=O. The number of ketones is 4. The fourth-order valence-electron chi connectivity index (χ4n) is 7.03. The molecular formula is C26H44O4. The topological polar surface area (TPSA) is 68.3 Å². The second-order valence-electron chi connectivity index (χ2n) is 9.28. The lowest BCUT2D eigenvalue weighted by Crippen LogP contribution is -2.62. The van der Waals surface area contributed by atoms with Crippen LogP contribution in [0.3, 0.4) is 0 Å². The maximum Gasteiger partial charge on any atom is 0.205 e. The maximum absolute atomic E-state index is 12.8. The van der Waals surface area contributed by atoms with E-state index in [0.717, 1.165) is 57.8 Å². The molecule has 4 heteroatoms. The van der Waals surface area contributed by atoms with E-state index in [1.807, 2.05) is 6.92 Å². The summed E-state index contributed by atoms with van der Waals surface area (Å²) in [5, 5.41) is 0. The Balaban J connectivity index is 0.000000375. The molecule has 0 amide bonds. The first-order valence-electron chi connectivity index (χ1n) is 12.3. The smallest absolute Gasteiger partial charge is 0.205 e. The lowest BCUT2D eigenvalue weighted by Gasteiger charge is -2.62. The summed E-state index contributed by atoms with van der Waals surface area (Å²) in [5.74, 6) is -0.438. The predicted molar refractivity (Wildman–Crippen MR) is 121 cm³/mol. The Morgan fingerprint density at radius 1 is 0.733 bits per heavy atom. The van der Waals surface area contributed by atoms with Crippen LogP contribution in [0.25, 0.3) is 0 Å². The molecule has 172 valence electrons. The number of hydrogen-bond acceptors (Lipinski definition) is 4. The average molecular weight is 421 g/mol. The van der Waals surface area contributed by atoms with Gasteiger partial charge in [0.25, 0.3) is 0 Å². The van der Waals surface area contributed by atoms with Gasteiger partial charge in [-0.15, -0.1) is 0 Å². The van der Waals surface area contributed by atoms with Gasteiger partial charge < -0.3 is 0 Å². The molecule has 0 aliphatic heterocycles. The van der Waals surface area contributed by atoms with Crippen LogP contribution in [0.1, 0.15) is 119 Å². The molecule has 2 saturated carbocycles. The highest BCUT2D eigenvalue weighted by Gasteiger charge is 2.65. The van der Waals surface area contributed by atoms with Crippen LogP contribution in [0.15, 0.2) is 0 Å². The van der Waals surface area contributed by atoms with Gasteiger partial charge in [-0.05, 0) is 68.6 Å². The van der Waals surface area contributed by atoms with E-state index in [1.165, 1.54) is 0 Å². The largest absolute Gasteiger partial charge is 0.291 e. The van der Waals surface area contributed by atoms with Crippen molar-refractivity contribution in [3.8, 4) is 0 Å². The average Bonchev–Trinajstić information content (AvgIpc) is 2.77. The van der Waals surface area contributed by atoms with Crippen LogP contribution in [0.4, 0.5) is 0 Å². The van der Waals surface area contributed by atoms with E-state index in [9.17, 15) is 19.2 Å². The summed E-state index contributed by atoms with van der Waals surface area (Å²) >= 11 is 0. The van der Waals surface area contributed by atoms with Gasteiger partial charge in [-0.2, -0.15) is 0 Å². The minimum Gasteiger partial charge on any atom is -0.291 e. The number of carbonyl (C=O) groups is 4. The molecule has 0 heterocycles. The molecule has 0 N–H and O–H groups in total. The van der Waals surface area contributed by atoms with E-state index in [4.69, 9.17) is 0 Å². The van der Waals surface area contributed by atoms with Gasteiger partial charge >= 0.3 is 0 Å². The molecule has 0 aromatic carbocycles. The number of hydrogen-bond donors (Lipinski definition) is 0. The number of rotatable bonds is 7. The van der Waals surface area contributed by atoms with Crippen molar-refractivity contribution < 1.29 is 19.2 Å². The fraction of sp³-hybridized carbons (Fsp3) is 0.846. The fourth-order valence-corrected chi connectivity index (χ4v) is 7.03. The molecule has 0 radical (unpaired) electrons. The summed E-state index contributed by atoms with van der Waals surface area (Å²) in [6.07, 6.45) is 9.14. The highest BCUT2D eigenvalue weighted by molar-refractivity contribution is 6.40. The molecular weight excluding hydrogens is 376 g/mol. The molecule has 1 unspecified atom stereocenters. The minimum absolute atomic E-state index is 0.00644. The molecule has 2 aliphatic rings. The molecule has 2 aliphatic carbocycles. The van der Waals surface area contributed by atoms with Crippen LogP contribution >= 0.6 is 0 Å². The highest BCUT2D eigenvalue weighted by Crippen LogP contribution is 2.66. The first-order valence-corrected chi connectivity index (χ1v) is 12.3. The Labute approximate surface area is 184 Å². The Morgan fingerprint density at radius 3 is 1.63 bits per heavy atom. The van der Waals surface area contributed by atoms with Crippen molar-refractivity contribution in [3.05, 3.63) is 0 Å². The Hall–Kier alpha value is -1.32. The predicted octanol–water partition coefficient (Wildman–Crippen LogP) is 6.28. The van der Waals surface area contributed by atoms with Crippen molar-refractivity contribution in [1.82, 2.24) is 0 Å². The summed E-state index contributed by atoms with van der Waals surface area (Å²) in [6, 6.07) is 0. The van der Waals surface area contributed by atoms with Gasteiger partial charge in [-0.25, -0.2) is 0 Å². The van der Waals surface area contributed by atoms with Crippen molar-refractivity contribution in [2.75, 3.05) is 0 Å². The van der Waals surface area contributed by atoms with Gasteiger partial charge in [-0.3, -0.25) is 19.2 Å². The van der Waals surface area contributed by atoms with Crippen LogP contribution in [0.2, 0.25) is 0 Å². The van der Waals surface area contributed by atoms with Crippen molar-refractivity contribution in [3.63, 3.8) is 0 Å². The lowest BCUT2D eigenvalue weighted by atomic mass is 9.40. The van der Waals surface area contributed by atoms with Crippen molar-refractivity contribution in [2.45, 2.75) is 119 Å². The molecule has 0 aromatic heterocycles. The van der Waals surface area contributed by atoms with Gasteiger partial charge in [0.05, 0.1) is 0 Å². The van der Waals surface area contributed by atoms with Crippen molar-refractivity contribution in [2.24, 2.45) is 22.2 Å². The van der Waals surface area contributed by atoms with Crippen LogP contribution in [-0.4, -0.2) is 23.1 Å². The summed E-state index contributed by atoms with van der Waals surface area (Å²) in [5.41, 5.74) is -0.483. The summed E-state index contributed by atoms with van der Waals surface area (Å²) in [7, 11) is 0. The summed E-state index contributed by atoms with van der Waals surface area (Å²) in [6.45, 7) is 15.0. The van der Waals surface area contributed by atoms with Gasteiger partial charge in [-0.1, -0.05) is 48.5 Å². The lowest BCUT2D eigenvalue weighted by molar-refractivity contribution is -0.178. The van der Waals surface area contributed by atoms with Gasteiger partial charge in [0.1, 0.15) is 0 Å². The third-order valence-corrected chi connectivity index (χ3v) is 8.98. The van der Waals surface area contributed by atoms with Gasteiger partial charge in [0, 0.05) is 24.2 Å². The zero-order chi connectivity index (χ0) is 23.2. The molecule has 0 spiro atoms. The zero-order valence-corrected chi connectivity index (χ0v) is 20.5. The summed E-state index contributed by atoms with van der Waals surface area (Å²) < 4.78 is 0. The third kappa shape index (κ3) is 4.08. The highest BCUT2D eigenvalue weighted by atomic mass is 16.2. The first-order chi connectivity index (χ1) is 14.2. The zero-order valence-electron chi connectivity index (χ0n) is 20.5. The molecule has 2 rings (SSSR count). The van der Waals surface area contributed by atoms with Crippen LogP contribution < -0.4 is 0 Å². The summed E-state index contributed by atoms with van der Waals surface area (Å²) in [4.78, 5) is 47.1. The molecule has 0 bridgehead atoms. The van der Waals surface area contributed by atoms with Gasteiger partial charge in [0.2, 0.25) is 11.6 Å². The van der Waals surface area contributed by atoms with E-state index < -0.39 is 5.41 Å². The molecule has 0 saturated heterocycles. The monoisotopic (exact) mass is 420 g/mol. The van der Waals surface area contributed by atoms with Crippen LogP contribution in [0.5, 0.6) is 0 Å². The van der Waals surface area contributed by atoms with E-state index in [-0.39, 0.29) is 39.9 Å². The Morgan fingerprint density at radius 2 is 1.27 bits per heavy atom. The van der Waals surface area contributed by atoms with Crippen LogP contribution in [0, 0.1) is 22.2 Å². The van der Waals surface area contributed by atoms with E-state index in [2.05, 4.69) is 41.5 Å². The molecule has 2 fully saturated rings. The third-order valence-electron chi connectivity index (χ3n) is 8.98. The van der Waals surface area contributed by atoms with Crippen molar-refractivity contribution >= 4 is 23.1 Å². The Bertz CT molecular complexity index is 633. The van der Waals surface area contributed by atoms with E-state index in [1.54, 1.807) is 0 Å². The molecule has 4 nitrogen and oxygen atoms in total. The van der Waals surface area contributed by atoms with Crippen LogP contribution in [-0.2, 0) is 19.2 Å². The molecule has 1 atom stereocenters. The minimum atomic E-state index is -0.447. The van der Waals surface area contributed by atoms with Crippen molar-refractivity contribution in [1.29, 1.82) is 0 Å². The van der Waals surface area contributed by atoms with E-state index >= 15 is 0 Å². The number of Topliss-reactive ketones (excluding diaryl/α,β-unsaturated/α-hetero) is 4. The second-order valence-corrected chi connectivity index (χ2v) is 9.28.